The Morgan fingerprint density at radius 1 is 0.833 bits per heavy atom. The maximum Gasteiger partial charge on any atom is 0.253 e. The minimum absolute atomic E-state index is 0.0350. The summed E-state index contributed by atoms with van der Waals surface area (Å²) >= 11 is 0. The van der Waals surface area contributed by atoms with Gasteiger partial charge in [0.25, 0.3) is 5.91 Å². The number of nitrogens with zero attached hydrogens (tertiary/aromatic N) is 4. The molecule has 1 aromatic heterocycles. The molecule has 2 aliphatic heterocycles. The number of rotatable bonds is 7. The summed E-state index contributed by atoms with van der Waals surface area (Å²) in [6.45, 7) is 8.25. The van der Waals surface area contributed by atoms with E-state index in [0.29, 0.717) is 25.3 Å². The quantitative estimate of drug-likeness (QED) is 0.437. The third-order valence-electron chi connectivity index (χ3n) is 7.13. The number of carbonyl (C=O) groups excluding carboxylic acids is 1. The van der Waals surface area contributed by atoms with Crippen molar-refractivity contribution in [2.24, 2.45) is 0 Å². The molecule has 0 saturated carbocycles. The summed E-state index contributed by atoms with van der Waals surface area (Å²) < 4.78 is 8.21. The molecular formula is C29H31N5O2. The highest BCUT2D eigenvalue weighted by Gasteiger charge is 2.22. The summed E-state index contributed by atoms with van der Waals surface area (Å²) in [7, 11) is 0. The third kappa shape index (κ3) is 4.72. The first kappa shape index (κ1) is 22.8. The predicted octanol–water partition coefficient (Wildman–Crippen LogP) is 3.64. The number of aromatic nitrogens is 2. The molecule has 7 nitrogen and oxygen atoms in total. The Morgan fingerprint density at radius 2 is 1.61 bits per heavy atom. The lowest BCUT2D eigenvalue weighted by Crippen LogP contribution is -2.47. The van der Waals surface area contributed by atoms with Crippen molar-refractivity contribution in [2.45, 2.75) is 13.1 Å². The van der Waals surface area contributed by atoms with Crippen LogP contribution in [-0.4, -0.2) is 71.1 Å². The number of nitrogens with one attached hydrogen (secondary N) is 1. The molecule has 1 saturated heterocycles. The van der Waals surface area contributed by atoms with Gasteiger partial charge >= 0.3 is 0 Å². The number of imidazole rings is 1. The molecule has 1 amide bonds. The Morgan fingerprint density at radius 3 is 2.42 bits per heavy atom. The van der Waals surface area contributed by atoms with Gasteiger partial charge in [0, 0.05) is 57.9 Å². The number of carbonyl (C=O) groups is 1. The maximum atomic E-state index is 12.4. The zero-order valence-electron chi connectivity index (χ0n) is 20.4. The third-order valence-corrected chi connectivity index (χ3v) is 7.13. The summed E-state index contributed by atoms with van der Waals surface area (Å²) in [5.74, 6) is 1.71. The van der Waals surface area contributed by atoms with E-state index in [-0.39, 0.29) is 5.91 Å². The zero-order chi connectivity index (χ0) is 24.3. The summed E-state index contributed by atoms with van der Waals surface area (Å²) in [5.41, 5.74) is 4.85. The second-order valence-corrected chi connectivity index (χ2v) is 9.49. The number of hydrogen-bond donors (Lipinski definition) is 1. The van der Waals surface area contributed by atoms with Crippen LogP contribution in [0, 0.1) is 0 Å². The molecule has 2 aliphatic rings. The van der Waals surface area contributed by atoms with E-state index < -0.39 is 0 Å². The van der Waals surface area contributed by atoms with Crippen molar-refractivity contribution in [3.8, 4) is 17.1 Å². The molecule has 36 heavy (non-hydrogen) atoms. The molecule has 3 heterocycles. The van der Waals surface area contributed by atoms with Gasteiger partial charge in [-0.3, -0.25) is 14.6 Å². The average Bonchev–Trinajstić information content (AvgIpc) is 3.20. The van der Waals surface area contributed by atoms with Crippen LogP contribution in [0.2, 0.25) is 0 Å². The molecule has 0 radical (unpaired) electrons. The van der Waals surface area contributed by atoms with Crippen molar-refractivity contribution in [3.05, 3.63) is 83.9 Å². The largest absolute Gasteiger partial charge is 0.492 e. The molecule has 1 N–H and O–H groups in total. The predicted molar refractivity (Wildman–Crippen MR) is 141 cm³/mol. The first-order chi connectivity index (χ1) is 17.7. The second kappa shape index (κ2) is 10.1. The zero-order valence-corrected chi connectivity index (χ0v) is 20.4. The minimum Gasteiger partial charge on any atom is -0.492 e. The first-order valence-electron chi connectivity index (χ1n) is 12.7. The van der Waals surface area contributed by atoms with Gasteiger partial charge in [-0.15, -0.1) is 0 Å². The molecule has 184 valence electrons. The molecule has 6 rings (SSSR count). The Labute approximate surface area is 211 Å². The van der Waals surface area contributed by atoms with E-state index >= 15 is 0 Å². The van der Waals surface area contributed by atoms with Crippen LogP contribution in [0.4, 0.5) is 0 Å². The van der Waals surface area contributed by atoms with Crippen LogP contribution in [0.1, 0.15) is 15.9 Å². The van der Waals surface area contributed by atoms with Crippen LogP contribution in [0.5, 0.6) is 5.75 Å². The lowest BCUT2D eigenvalue weighted by Gasteiger charge is -2.34. The number of piperazine rings is 1. The van der Waals surface area contributed by atoms with Crippen molar-refractivity contribution in [3.63, 3.8) is 0 Å². The number of hydrogen-bond acceptors (Lipinski definition) is 5. The molecule has 0 spiro atoms. The molecule has 0 unspecified atom stereocenters. The minimum atomic E-state index is -0.0350. The van der Waals surface area contributed by atoms with Gasteiger partial charge in [0.1, 0.15) is 18.2 Å². The van der Waals surface area contributed by atoms with Crippen molar-refractivity contribution in [2.75, 3.05) is 45.9 Å². The fourth-order valence-electron chi connectivity index (χ4n) is 5.19. The van der Waals surface area contributed by atoms with Gasteiger partial charge in [0.05, 0.1) is 16.6 Å². The molecule has 0 aliphatic carbocycles. The van der Waals surface area contributed by atoms with E-state index in [0.717, 1.165) is 67.4 Å². The van der Waals surface area contributed by atoms with Crippen molar-refractivity contribution < 1.29 is 9.53 Å². The SMILES string of the molecule is O=C1NCCn2c(-c3ccc(OCCN4CCN(Cc5ccccc5)CC4)cc3)nc3cccc1c32. The van der Waals surface area contributed by atoms with Gasteiger partial charge in [-0.25, -0.2) is 4.98 Å². The fourth-order valence-corrected chi connectivity index (χ4v) is 5.19. The Balaban J connectivity index is 1.04. The highest BCUT2D eigenvalue weighted by atomic mass is 16.5. The van der Waals surface area contributed by atoms with E-state index in [4.69, 9.17) is 9.72 Å². The van der Waals surface area contributed by atoms with Gasteiger partial charge < -0.3 is 14.6 Å². The summed E-state index contributed by atoms with van der Waals surface area (Å²) in [6, 6.07) is 24.6. The average molecular weight is 482 g/mol. The molecule has 3 aromatic carbocycles. The first-order valence-corrected chi connectivity index (χ1v) is 12.7. The fraction of sp³-hybridized carbons (Fsp3) is 0.310. The van der Waals surface area contributed by atoms with Crippen molar-refractivity contribution in [1.29, 1.82) is 0 Å². The van der Waals surface area contributed by atoms with E-state index in [1.54, 1.807) is 0 Å². The Bertz CT molecular complexity index is 1340. The van der Waals surface area contributed by atoms with Gasteiger partial charge in [-0.2, -0.15) is 0 Å². The Hall–Kier alpha value is -3.68. The van der Waals surface area contributed by atoms with Crippen molar-refractivity contribution >= 4 is 16.9 Å². The van der Waals surface area contributed by atoms with Crippen LogP contribution >= 0.6 is 0 Å². The summed E-state index contributed by atoms with van der Waals surface area (Å²) in [6.07, 6.45) is 0. The van der Waals surface area contributed by atoms with Crippen LogP contribution < -0.4 is 10.1 Å². The van der Waals surface area contributed by atoms with E-state index in [1.807, 2.05) is 30.3 Å². The normalized spacial score (nSPS) is 16.6. The maximum absolute atomic E-state index is 12.4. The van der Waals surface area contributed by atoms with Gasteiger partial charge in [0.2, 0.25) is 0 Å². The number of benzene rings is 3. The van der Waals surface area contributed by atoms with Crippen LogP contribution in [0.3, 0.4) is 0 Å². The van der Waals surface area contributed by atoms with Crippen LogP contribution in [0.25, 0.3) is 22.4 Å². The van der Waals surface area contributed by atoms with Gasteiger partial charge in [0.15, 0.2) is 0 Å². The number of para-hydroxylation sites is 1. The monoisotopic (exact) mass is 481 g/mol. The lowest BCUT2D eigenvalue weighted by atomic mass is 10.1. The van der Waals surface area contributed by atoms with E-state index in [9.17, 15) is 4.79 Å². The summed E-state index contributed by atoms with van der Waals surface area (Å²) in [4.78, 5) is 22.3. The smallest absolute Gasteiger partial charge is 0.253 e. The molecule has 4 aromatic rings. The molecular weight excluding hydrogens is 450 g/mol. The Kier molecular flexibility index (Phi) is 6.40. The standard InChI is InChI=1S/C29H31N5O2/c35-29-25-7-4-8-26-27(25)34(14-13-30-29)28(31-26)23-9-11-24(12-10-23)36-20-19-32-15-17-33(18-16-32)21-22-5-2-1-3-6-22/h1-12H,13-21H2,(H,30,35). The van der Waals surface area contributed by atoms with Crippen LogP contribution in [0.15, 0.2) is 72.8 Å². The second-order valence-electron chi connectivity index (χ2n) is 9.49. The van der Waals surface area contributed by atoms with Crippen LogP contribution in [-0.2, 0) is 13.1 Å². The lowest BCUT2D eigenvalue weighted by molar-refractivity contribution is 0.0956. The van der Waals surface area contributed by atoms with Gasteiger partial charge in [-0.05, 0) is 42.0 Å². The molecule has 7 heteroatoms. The van der Waals surface area contributed by atoms with E-state index in [1.165, 1.54) is 5.56 Å². The van der Waals surface area contributed by atoms with E-state index in [2.05, 4.69) is 62.1 Å². The topological polar surface area (TPSA) is 62.6 Å². The molecule has 0 bridgehead atoms. The molecule has 0 atom stereocenters. The summed E-state index contributed by atoms with van der Waals surface area (Å²) in [5, 5.41) is 2.97. The highest BCUT2D eigenvalue weighted by Crippen LogP contribution is 2.29. The highest BCUT2D eigenvalue weighted by molar-refractivity contribution is 6.06. The number of ether oxygens (including phenoxy) is 1. The van der Waals surface area contributed by atoms with Gasteiger partial charge in [-0.1, -0.05) is 36.4 Å². The molecule has 1 fully saturated rings. The number of amides is 1. The van der Waals surface area contributed by atoms with Crippen molar-refractivity contribution in [1.82, 2.24) is 24.7 Å².